The van der Waals surface area contributed by atoms with Crippen molar-refractivity contribution in [2.75, 3.05) is 29.6 Å². The second-order valence-corrected chi connectivity index (χ2v) is 16.5. The number of rotatable bonds is 10. The summed E-state index contributed by atoms with van der Waals surface area (Å²) in [4.78, 5) is 36.5. The number of ether oxygens (including phenoxy) is 1. The van der Waals surface area contributed by atoms with Crippen LogP contribution in [0.5, 0.6) is 5.75 Å². The van der Waals surface area contributed by atoms with Crippen molar-refractivity contribution in [3.63, 3.8) is 0 Å². The van der Waals surface area contributed by atoms with E-state index in [0.717, 1.165) is 83.9 Å². The van der Waals surface area contributed by atoms with Crippen LogP contribution in [0, 0.1) is 0 Å². The third kappa shape index (κ3) is 7.82. The van der Waals surface area contributed by atoms with Gasteiger partial charge in [-0.15, -0.1) is 15.3 Å². The minimum absolute atomic E-state index is 0.235. The molecule has 2 amide bonds. The van der Waals surface area contributed by atoms with Gasteiger partial charge in [-0.2, -0.15) is 5.10 Å². The van der Waals surface area contributed by atoms with Crippen molar-refractivity contribution < 1.29 is 19.2 Å². The van der Waals surface area contributed by atoms with Gasteiger partial charge < -0.3 is 19.8 Å². The van der Waals surface area contributed by atoms with Gasteiger partial charge in [-0.1, -0.05) is 63.6 Å². The zero-order valence-corrected chi connectivity index (χ0v) is 32.9. The van der Waals surface area contributed by atoms with Crippen LogP contribution in [0.3, 0.4) is 0 Å². The van der Waals surface area contributed by atoms with Crippen molar-refractivity contribution in [3.05, 3.63) is 95.3 Å². The normalized spacial score (nSPS) is 20.4. The fourth-order valence-electron chi connectivity index (χ4n) is 8.35. The van der Waals surface area contributed by atoms with Gasteiger partial charge in [0.2, 0.25) is 5.95 Å². The smallest absolute Gasteiger partial charge is 0.357 e. The number of pyridine rings is 1. The lowest BCUT2D eigenvalue weighted by Gasteiger charge is -2.34. The molecule has 0 bridgehead atoms. The van der Waals surface area contributed by atoms with E-state index in [1.165, 1.54) is 31.2 Å². The highest BCUT2D eigenvalue weighted by molar-refractivity contribution is 5.90. The summed E-state index contributed by atoms with van der Waals surface area (Å²) in [5.74, 6) is 1.89. The zero-order valence-electron chi connectivity index (χ0n) is 32.9. The van der Waals surface area contributed by atoms with Crippen LogP contribution in [0.2, 0.25) is 0 Å². The molecular weight excluding hydrogens is 707 g/mol. The predicted octanol–water partition coefficient (Wildman–Crippen LogP) is 7.84. The molecule has 1 aliphatic carbocycles. The molecule has 5 aromatic rings. The van der Waals surface area contributed by atoms with Gasteiger partial charge in [0.15, 0.2) is 11.5 Å². The first-order chi connectivity index (χ1) is 27.2. The molecule has 0 radical (unpaired) electrons. The van der Waals surface area contributed by atoms with E-state index in [0.29, 0.717) is 24.7 Å². The fourth-order valence-corrected chi connectivity index (χ4v) is 8.35. The van der Waals surface area contributed by atoms with Crippen molar-refractivity contribution in [2.45, 2.75) is 109 Å². The Hall–Kier alpha value is -5.43. The number of benzene rings is 2. The van der Waals surface area contributed by atoms with Crippen molar-refractivity contribution >= 4 is 29.9 Å². The minimum atomic E-state index is -0.572. The second-order valence-electron chi connectivity index (χ2n) is 16.5. The summed E-state index contributed by atoms with van der Waals surface area (Å²) in [5, 5.41) is 18.1. The molecule has 2 fully saturated rings. The lowest BCUT2D eigenvalue weighted by atomic mass is 9.85. The van der Waals surface area contributed by atoms with Gasteiger partial charge in [0.1, 0.15) is 11.9 Å². The molecule has 1 unspecified atom stereocenters. The Morgan fingerprint density at radius 2 is 1.68 bits per heavy atom. The van der Waals surface area contributed by atoms with Gasteiger partial charge in [-0.25, -0.2) is 9.48 Å². The number of nitrogens with one attached hydrogen (secondary N) is 1. The number of aromatic nitrogens is 5. The number of carbonyl (C=O) groups excluding carboxylic acids is 2. The first-order valence-corrected chi connectivity index (χ1v) is 20.2. The molecule has 13 nitrogen and oxygen atoms in total. The van der Waals surface area contributed by atoms with Crippen LogP contribution < -0.4 is 20.0 Å². The van der Waals surface area contributed by atoms with Crippen LogP contribution in [-0.2, 0) is 21.6 Å². The molecule has 3 aliphatic rings. The molecule has 8 rings (SSSR count). The number of piperidine rings is 2. The molecule has 2 aromatic carbocycles. The van der Waals surface area contributed by atoms with Gasteiger partial charge in [0, 0.05) is 30.6 Å². The number of hydroxylamine groups is 1. The first kappa shape index (κ1) is 37.5. The number of anilines is 2. The molecule has 2 saturated heterocycles. The van der Waals surface area contributed by atoms with E-state index in [1.807, 2.05) is 59.1 Å². The minimum Gasteiger partial charge on any atom is -0.484 e. The maximum atomic E-state index is 14.2. The number of fused-ring (bicyclic) bond motifs is 2. The molecule has 56 heavy (non-hydrogen) atoms. The summed E-state index contributed by atoms with van der Waals surface area (Å²) >= 11 is 0. The van der Waals surface area contributed by atoms with Crippen LogP contribution in [0.15, 0.2) is 72.9 Å². The molecular formula is C43H53N9O4. The van der Waals surface area contributed by atoms with Crippen LogP contribution in [0.25, 0.3) is 11.3 Å². The third-order valence-electron chi connectivity index (χ3n) is 11.5. The molecule has 13 heteroatoms. The predicted molar refractivity (Wildman–Crippen MR) is 215 cm³/mol. The lowest BCUT2D eigenvalue weighted by Crippen LogP contribution is -2.43. The summed E-state index contributed by atoms with van der Waals surface area (Å²) in [6, 6.07) is 21.4. The average molecular weight is 760 g/mol. The number of hydrogen-bond donors (Lipinski definition) is 1. The Kier molecular flexibility index (Phi) is 10.7. The largest absolute Gasteiger partial charge is 0.484 e. The highest BCUT2D eigenvalue weighted by Gasteiger charge is 2.34. The highest BCUT2D eigenvalue weighted by atomic mass is 16.7. The standard InChI is InChI=1S/C43H53N9O4/c1-30-12-8-11-25-49(30)41-46-45-39-22-19-33(28-50(39)41)56-37-21-20-36(34-13-6-7-14-35(34)37)44-42(54)52(55-29-53)40-26-38(43(2,3)4)47-51(40)32-17-15-31(16-18-32)27-48-23-9-5-10-24-48/h6-7,13-19,22,26,28-30,36-37H,5,8-12,20-21,23-25,27H2,1-4H3,(H,44,54)/t30-,36?,37+/m0/s1. The summed E-state index contributed by atoms with van der Waals surface area (Å²) in [6.45, 7) is 12.8. The molecule has 0 saturated carbocycles. The number of likely N-dealkylation sites (tertiary alicyclic amines) is 1. The quantitative estimate of drug-likeness (QED) is 0.112. The highest BCUT2D eigenvalue weighted by Crippen LogP contribution is 2.39. The van der Waals surface area contributed by atoms with E-state index < -0.39 is 6.03 Å². The van der Waals surface area contributed by atoms with Gasteiger partial charge in [0.25, 0.3) is 0 Å². The molecule has 3 atom stereocenters. The number of urea groups is 1. The number of carbonyl (C=O) groups is 2. The van der Waals surface area contributed by atoms with Crippen molar-refractivity contribution in [2.24, 2.45) is 0 Å². The fraction of sp³-hybridized carbons (Fsp3) is 0.465. The first-order valence-electron chi connectivity index (χ1n) is 20.2. The molecule has 5 heterocycles. The molecule has 1 N–H and O–H groups in total. The summed E-state index contributed by atoms with van der Waals surface area (Å²) in [6.07, 6.45) is 10.3. The second kappa shape index (κ2) is 16.0. The van der Waals surface area contributed by atoms with Gasteiger partial charge in [-0.05, 0) is 106 Å². The van der Waals surface area contributed by atoms with E-state index in [2.05, 4.69) is 71.2 Å². The van der Waals surface area contributed by atoms with Crippen LogP contribution in [0.1, 0.15) is 114 Å². The zero-order chi connectivity index (χ0) is 38.8. The Morgan fingerprint density at radius 3 is 2.43 bits per heavy atom. The maximum absolute atomic E-state index is 14.2. The molecule has 294 valence electrons. The Labute approximate surface area is 328 Å². The number of hydrogen-bond acceptors (Lipinski definition) is 9. The number of nitrogens with zero attached hydrogens (tertiary/aromatic N) is 8. The van der Waals surface area contributed by atoms with E-state index in [-0.39, 0.29) is 24.0 Å². The maximum Gasteiger partial charge on any atom is 0.357 e. The topological polar surface area (TPSA) is 122 Å². The third-order valence-corrected chi connectivity index (χ3v) is 11.5. The number of amides is 2. The van der Waals surface area contributed by atoms with Gasteiger partial charge in [0.05, 0.1) is 23.6 Å². The van der Waals surface area contributed by atoms with Crippen molar-refractivity contribution in [1.29, 1.82) is 0 Å². The Balaban J connectivity index is 1.02. The van der Waals surface area contributed by atoms with E-state index in [9.17, 15) is 9.59 Å². The summed E-state index contributed by atoms with van der Waals surface area (Å²) in [5.41, 5.74) is 5.11. The Bertz CT molecular complexity index is 2150. The van der Waals surface area contributed by atoms with Gasteiger partial charge in [-0.3, -0.25) is 14.1 Å². The summed E-state index contributed by atoms with van der Waals surface area (Å²) in [7, 11) is 0. The average Bonchev–Trinajstić information content (AvgIpc) is 3.84. The van der Waals surface area contributed by atoms with Crippen LogP contribution >= 0.6 is 0 Å². The summed E-state index contributed by atoms with van der Waals surface area (Å²) < 4.78 is 10.4. The molecule has 3 aromatic heterocycles. The van der Waals surface area contributed by atoms with Crippen LogP contribution in [-0.4, -0.2) is 67.5 Å². The Morgan fingerprint density at radius 1 is 0.911 bits per heavy atom. The molecule has 2 aliphatic heterocycles. The van der Waals surface area contributed by atoms with E-state index in [1.54, 1.807) is 4.68 Å². The lowest BCUT2D eigenvalue weighted by molar-refractivity contribution is -0.129. The van der Waals surface area contributed by atoms with E-state index in [4.69, 9.17) is 14.7 Å². The van der Waals surface area contributed by atoms with Crippen molar-refractivity contribution in [3.8, 4) is 11.4 Å². The monoisotopic (exact) mass is 759 g/mol. The van der Waals surface area contributed by atoms with Crippen LogP contribution in [0.4, 0.5) is 16.6 Å². The SMILES string of the molecule is C[C@H]1CCCCN1c1nnc2ccc(O[C@@H]3CCC(NC(=O)N(OC=O)c4cc(C(C)(C)C)nn4-c4ccc(CN5CCCCC5)cc4)c4ccccc43)cn12. The van der Waals surface area contributed by atoms with Gasteiger partial charge >= 0.3 is 12.5 Å². The van der Waals surface area contributed by atoms with E-state index >= 15 is 0 Å². The molecule has 0 spiro atoms. The van der Waals surface area contributed by atoms with Crippen molar-refractivity contribution in [1.82, 2.24) is 34.6 Å².